The smallest absolute Gasteiger partial charge is 0.323 e. The van der Waals surface area contributed by atoms with Crippen LogP contribution in [0.15, 0.2) is 0 Å². The molecule has 2 rings (SSSR count). The average Bonchev–Trinajstić information content (AvgIpc) is 2.89. The highest BCUT2D eigenvalue weighted by Crippen LogP contribution is 2.37. The van der Waals surface area contributed by atoms with Crippen molar-refractivity contribution in [3.63, 3.8) is 0 Å². The van der Waals surface area contributed by atoms with Crippen LogP contribution in [0.2, 0.25) is 0 Å². The van der Waals surface area contributed by atoms with Crippen molar-refractivity contribution in [2.24, 2.45) is 17.6 Å². The first-order valence-corrected chi connectivity index (χ1v) is 7.30. The first-order chi connectivity index (χ1) is 8.55. The third-order valence-corrected chi connectivity index (χ3v) is 4.96. The number of hydrogen-bond donors (Lipinski definition) is 2. The number of hydrogen-bond acceptors (Lipinski definition) is 3. The Bertz CT molecular complexity index is 296. The minimum atomic E-state index is -1.02. The topological polar surface area (TPSA) is 66.6 Å². The van der Waals surface area contributed by atoms with E-state index in [1.807, 2.05) is 6.92 Å². The fourth-order valence-electron chi connectivity index (χ4n) is 3.57. The van der Waals surface area contributed by atoms with Crippen LogP contribution in [0.1, 0.15) is 45.4 Å². The van der Waals surface area contributed by atoms with Crippen molar-refractivity contribution in [1.29, 1.82) is 0 Å². The summed E-state index contributed by atoms with van der Waals surface area (Å²) in [6.07, 6.45) is 6.19. The van der Waals surface area contributed by atoms with Crippen LogP contribution in [0.25, 0.3) is 0 Å². The molecule has 3 unspecified atom stereocenters. The molecule has 104 valence electrons. The van der Waals surface area contributed by atoms with E-state index in [1.54, 1.807) is 0 Å². The zero-order valence-electron chi connectivity index (χ0n) is 11.4. The quantitative estimate of drug-likeness (QED) is 0.757. The Morgan fingerprint density at radius 1 is 1.39 bits per heavy atom. The lowest BCUT2D eigenvalue weighted by Crippen LogP contribution is -2.47. The van der Waals surface area contributed by atoms with Crippen LogP contribution in [0.3, 0.4) is 0 Å². The summed E-state index contributed by atoms with van der Waals surface area (Å²) in [5.74, 6) is 0.972. The second-order valence-electron chi connectivity index (χ2n) is 6.13. The molecule has 3 atom stereocenters. The first-order valence-electron chi connectivity index (χ1n) is 7.30. The molecule has 1 saturated carbocycles. The molecule has 2 fully saturated rings. The summed E-state index contributed by atoms with van der Waals surface area (Å²) in [6, 6.07) is 0. The van der Waals surface area contributed by atoms with Gasteiger partial charge in [0, 0.05) is 13.1 Å². The highest BCUT2D eigenvalue weighted by Gasteiger charge is 2.36. The van der Waals surface area contributed by atoms with Crippen molar-refractivity contribution in [3.8, 4) is 0 Å². The van der Waals surface area contributed by atoms with Crippen LogP contribution < -0.4 is 5.73 Å². The lowest BCUT2D eigenvalue weighted by atomic mass is 9.92. The Morgan fingerprint density at radius 3 is 2.50 bits per heavy atom. The Hall–Kier alpha value is -0.610. The second kappa shape index (κ2) is 5.57. The maximum absolute atomic E-state index is 11.1. The fourth-order valence-corrected chi connectivity index (χ4v) is 3.57. The molecule has 0 amide bonds. The molecule has 0 aromatic heterocycles. The van der Waals surface area contributed by atoms with E-state index in [9.17, 15) is 4.79 Å². The maximum Gasteiger partial charge on any atom is 0.323 e. The van der Waals surface area contributed by atoms with Gasteiger partial charge in [-0.2, -0.15) is 0 Å². The maximum atomic E-state index is 11.1. The molecule has 4 heteroatoms. The summed E-state index contributed by atoms with van der Waals surface area (Å²) in [4.78, 5) is 13.6. The summed E-state index contributed by atoms with van der Waals surface area (Å²) < 4.78 is 0. The Balaban J connectivity index is 1.71. The van der Waals surface area contributed by atoms with Gasteiger partial charge >= 0.3 is 5.97 Å². The zero-order chi connectivity index (χ0) is 13.2. The summed E-state index contributed by atoms with van der Waals surface area (Å²) in [7, 11) is 0. The molecule has 1 saturated heterocycles. The van der Waals surface area contributed by atoms with Crippen molar-refractivity contribution < 1.29 is 9.90 Å². The summed E-state index contributed by atoms with van der Waals surface area (Å²) >= 11 is 0. The molecule has 0 bridgehead atoms. The molecule has 4 nitrogen and oxygen atoms in total. The van der Waals surface area contributed by atoms with E-state index in [4.69, 9.17) is 10.8 Å². The van der Waals surface area contributed by atoms with Crippen molar-refractivity contribution in [2.45, 2.75) is 51.0 Å². The standard InChI is InChI=1S/C14H26N2O2/c1-2-14(15,13(17)18)7-4-8-16-9-11-5-3-6-12(11)10-16/h11-12H,2-10,15H2,1H3,(H,17,18). The molecule has 0 aromatic rings. The van der Waals surface area contributed by atoms with E-state index in [2.05, 4.69) is 4.90 Å². The van der Waals surface area contributed by atoms with Gasteiger partial charge in [0.1, 0.15) is 5.54 Å². The van der Waals surface area contributed by atoms with Crippen LogP contribution >= 0.6 is 0 Å². The van der Waals surface area contributed by atoms with Gasteiger partial charge in [0.05, 0.1) is 0 Å². The molecule has 1 aliphatic heterocycles. The van der Waals surface area contributed by atoms with Crippen LogP contribution in [0.5, 0.6) is 0 Å². The first kappa shape index (κ1) is 13.8. The molecular formula is C14H26N2O2. The molecule has 1 aliphatic carbocycles. The van der Waals surface area contributed by atoms with Crippen molar-refractivity contribution in [3.05, 3.63) is 0 Å². The number of nitrogens with two attached hydrogens (primary N) is 1. The van der Waals surface area contributed by atoms with Gasteiger partial charge in [0.2, 0.25) is 0 Å². The molecule has 0 radical (unpaired) electrons. The largest absolute Gasteiger partial charge is 0.480 e. The fraction of sp³-hybridized carbons (Fsp3) is 0.929. The second-order valence-corrected chi connectivity index (χ2v) is 6.13. The molecule has 1 heterocycles. The SMILES string of the molecule is CCC(N)(CCCN1CC2CCCC2C1)C(=O)O. The number of fused-ring (bicyclic) bond motifs is 1. The van der Waals surface area contributed by atoms with Gasteiger partial charge in [0.25, 0.3) is 0 Å². The van der Waals surface area contributed by atoms with Crippen LogP contribution in [-0.4, -0.2) is 41.1 Å². The van der Waals surface area contributed by atoms with Crippen LogP contribution in [0.4, 0.5) is 0 Å². The van der Waals surface area contributed by atoms with E-state index < -0.39 is 11.5 Å². The third kappa shape index (κ3) is 2.86. The van der Waals surface area contributed by atoms with E-state index in [0.29, 0.717) is 12.8 Å². The molecule has 0 spiro atoms. The molecule has 0 aromatic carbocycles. The highest BCUT2D eigenvalue weighted by molar-refractivity contribution is 5.78. The number of carboxylic acid groups (broad SMARTS) is 1. The van der Waals surface area contributed by atoms with Gasteiger partial charge in [-0.15, -0.1) is 0 Å². The lowest BCUT2D eigenvalue weighted by molar-refractivity contribution is -0.143. The van der Waals surface area contributed by atoms with Gasteiger partial charge in [0.15, 0.2) is 0 Å². The van der Waals surface area contributed by atoms with E-state index in [-0.39, 0.29) is 0 Å². The van der Waals surface area contributed by atoms with Gasteiger partial charge in [-0.1, -0.05) is 13.3 Å². The summed E-state index contributed by atoms with van der Waals surface area (Å²) in [6.45, 7) is 5.32. The Kier molecular flexibility index (Phi) is 4.28. The average molecular weight is 254 g/mol. The van der Waals surface area contributed by atoms with E-state index >= 15 is 0 Å². The zero-order valence-corrected chi connectivity index (χ0v) is 11.4. The third-order valence-electron chi connectivity index (χ3n) is 4.96. The highest BCUT2D eigenvalue weighted by atomic mass is 16.4. The number of nitrogens with zero attached hydrogens (tertiary/aromatic N) is 1. The van der Waals surface area contributed by atoms with E-state index in [1.165, 1.54) is 32.4 Å². The molecule has 3 N–H and O–H groups in total. The van der Waals surface area contributed by atoms with Gasteiger partial charge < -0.3 is 15.7 Å². The number of carboxylic acids is 1. The number of likely N-dealkylation sites (tertiary alicyclic amines) is 1. The van der Waals surface area contributed by atoms with Gasteiger partial charge in [-0.25, -0.2) is 0 Å². The Labute approximate surface area is 110 Å². The van der Waals surface area contributed by atoms with Gasteiger partial charge in [-0.05, 0) is 50.5 Å². The predicted molar refractivity (Wildman–Crippen MR) is 71.4 cm³/mol. The minimum absolute atomic E-state index is 0.508. The normalized spacial score (nSPS) is 31.2. The van der Waals surface area contributed by atoms with Crippen LogP contribution in [0, 0.1) is 11.8 Å². The predicted octanol–water partition coefficient (Wildman–Crippen LogP) is 1.69. The van der Waals surface area contributed by atoms with Crippen molar-refractivity contribution in [2.75, 3.05) is 19.6 Å². The number of rotatable bonds is 6. The monoisotopic (exact) mass is 254 g/mol. The summed E-state index contributed by atoms with van der Waals surface area (Å²) in [5, 5.41) is 9.12. The molecule has 18 heavy (non-hydrogen) atoms. The van der Waals surface area contributed by atoms with Crippen LogP contribution in [-0.2, 0) is 4.79 Å². The minimum Gasteiger partial charge on any atom is -0.480 e. The number of aliphatic carboxylic acids is 1. The van der Waals surface area contributed by atoms with Crippen molar-refractivity contribution in [1.82, 2.24) is 4.90 Å². The summed E-state index contributed by atoms with van der Waals surface area (Å²) in [5.41, 5.74) is 4.88. The lowest BCUT2D eigenvalue weighted by Gasteiger charge is -2.24. The Morgan fingerprint density at radius 2 is 2.00 bits per heavy atom. The number of carbonyl (C=O) groups is 1. The molecule has 2 aliphatic rings. The van der Waals surface area contributed by atoms with Gasteiger partial charge in [-0.3, -0.25) is 4.79 Å². The molecular weight excluding hydrogens is 228 g/mol. The van der Waals surface area contributed by atoms with E-state index in [0.717, 1.165) is 24.8 Å². The van der Waals surface area contributed by atoms with Crippen molar-refractivity contribution >= 4 is 5.97 Å².